The maximum absolute atomic E-state index is 12.4. The van der Waals surface area contributed by atoms with Crippen LogP contribution in [0.3, 0.4) is 0 Å². The van der Waals surface area contributed by atoms with Gasteiger partial charge in [0.25, 0.3) is 5.91 Å². The fourth-order valence-corrected chi connectivity index (χ4v) is 3.79. The number of hydrogen-bond donors (Lipinski definition) is 1. The van der Waals surface area contributed by atoms with Gasteiger partial charge in [-0.25, -0.2) is 0 Å². The maximum Gasteiger partial charge on any atom is 0.422 e. The molecule has 1 heterocycles. The first kappa shape index (κ1) is 16.8. The van der Waals surface area contributed by atoms with Crippen molar-refractivity contribution in [2.75, 3.05) is 11.9 Å². The molecule has 0 fully saturated rings. The smallest absolute Gasteiger partial charge is 0.422 e. The number of halogens is 3. The Kier molecular flexibility index (Phi) is 4.80. The van der Waals surface area contributed by atoms with Crippen LogP contribution in [-0.4, -0.2) is 18.7 Å². The van der Waals surface area contributed by atoms with E-state index in [0.717, 1.165) is 25.7 Å². The van der Waals surface area contributed by atoms with E-state index in [-0.39, 0.29) is 17.3 Å². The number of carbonyl (C=O) groups is 1. The van der Waals surface area contributed by atoms with Crippen molar-refractivity contribution >= 4 is 22.9 Å². The summed E-state index contributed by atoms with van der Waals surface area (Å²) in [6, 6.07) is 8.01. The van der Waals surface area contributed by atoms with E-state index in [1.165, 1.54) is 33.9 Å². The van der Waals surface area contributed by atoms with Gasteiger partial charge in [0.15, 0.2) is 6.61 Å². The molecule has 7 heteroatoms. The predicted octanol–water partition coefficient (Wildman–Crippen LogP) is 4.82. The third-order valence-electron chi connectivity index (χ3n) is 3.75. The van der Waals surface area contributed by atoms with Crippen molar-refractivity contribution in [2.24, 2.45) is 0 Å². The fraction of sp³-hybridized carbons (Fsp3) is 0.353. The number of anilines is 1. The van der Waals surface area contributed by atoms with Gasteiger partial charge in [-0.3, -0.25) is 4.79 Å². The van der Waals surface area contributed by atoms with Gasteiger partial charge in [0.05, 0.1) is 10.6 Å². The van der Waals surface area contributed by atoms with E-state index in [2.05, 4.69) is 5.32 Å². The van der Waals surface area contributed by atoms with Crippen LogP contribution >= 0.6 is 11.3 Å². The number of rotatable bonds is 4. The zero-order chi connectivity index (χ0) is 17.2. The SMILES string of the molecule is O=C(Nc1ccccc1OCC(F)(F)F)c1cc2c(s1)CCCC2. The standard InChI is InChI=1S/C17H16F3NO2S/c18-17(19,20)10-23-13-7-3-2-6-12(13)21-16(22)15-9-11-5-1-4-8-14(11)24-15/h2-3,6-7,9H,1,4-5,8,10H2,(H,21,22). The topological polar surface area (TPSA) is 38.3 Å². The molecule has 0 saturated carbocycles. The van der Waals surface area contributed by atoms with Crippen molar-refractivity contribution in [2.45, 2.75) is 31.9 Å². The number of aryl methyl sites for hydroxylation is 2. The highest BCUT2D eigenvalue weighted by Crippen LogP contribution is 2.31. The number of ether oxygens (including phenoxy) is 1. The lowest BCUT2D eigenvalue weighted by molar-refractivity contribution is -0.153. The lowest BCUT2D eigenvalue weighted by atomic mass is 9.99. The molecule has 0 atom stereocenters. The Hall–Kier alpha value is -2.02. The predicted molar refractivity (Wildman–Crippen MR) is 86.9 cm³/mol. The van der Waals surface area contributed by atoms with E-state index >= 15 is 0 Å². The molecule has 0 aliphatic heterocycles. The molecule has 0 saturated heterocycles. The Balaban J connectivity index is 1.73. The molecule has 1 aliphatic rings. The van der Waals surface area contributed by atoms with Crippen LogP contribution in [0.2, 0.25) is 0 Å². The lowest BCUT2D eigenvalue weighted by Gasteiger charge is -2.13. The van der Waals surface area contributed by atoms with Crippen LogP contribution in [0, 0.1) is 0 Å². The third-order valence-corrected chi connectivity index (χ3v) is 4.98. The second kappa shape index (κ2) is 6.84. The monoisotopic (exact) mass is 355 g/mol. The number of amides is 1. The summed E-state index contributed by atoms with van der Waals surface area (Å²) in [5.41, 5.74) is 1.44. The Morgan fingerprint density at radius 1 is 1.21 bits per heavy atom. The number of alkyl halides is 3. The minimum absolute atomic E-state index is 0.00416. The quantitative estimate of drug-likeness (QED) is 0.854. The minimum atomic E-state index is -4.43. The average molecular weight is 355 g/mol. The normalized spacial score (nSPS) is 14.1. The molecular formula is C17H16F3NO2S. The second-order valence-corrected chi connectivity index (χ2v) is 6.76. The van der Waals surface area contributed by atoms with Crippen molar-refractivity contribution in [3.63, 3.8) is 0 Å². The van der Waals surface area contributed by atoms with Crippen molar-refractivity contribution in [1.29, 1.82) is 0 Å². The fourth-order valence-electron chi connectivity index (χ4n) is 2.64. The first-order chi connectivity index (χ1) is 11.4. The van der Waals surface area contributed by atoms with Gasteiger partial charge in [-0.15, -0.1) is 11.3 Å². The molecule has 3 rings (SSSR count). The first-order valence-electron chi connectivity index (χ1n) is 7.64. The van der Waals surface area contributed by atoms with Crippen LogP contribution in [-0.2, 0) is 12.8 Å². The highest BCUT2D eigenvalue weighted by atomic mass is 32.1. The molecule has 0 radical (unpaired) electrons. The van der Waals surface area contributed by atoms with E-state index in [4.69, 9.17) is 4.74 Å². The van der Waals surface area contributed by atoms with Crippen molar-refractivity contribution in [3.05, 3.63) is 45.6 Å². The highest BCUT2D eigenvalue weighted by molar-refractivity contribution is 7.14. The molecule has 0 spiro atoms. The molecule has 24 heavy (non-hydrogen) atoms. The van der Waals surface area contributed by atoms with Gasteiger partial charge in [-0.1, -0.05) is 12.1 Å². The van der Waals surface area contributed by atoms with E-state index in [1.807, 2.05) is 6.07 Å². The number of thiophene rings is 1. The van der Waals surface area contributed by atoms with Gasteiger partial charge in [0.2, 0.25) is 0 Å². The van der Waals surface area contributed by atoms with E-state index in [1.54, 1.807) is 12.1 Å². The van der Waals surface area contributed by atoms with Crippen LogP contribution < -0.4 is 10.1 Å². The van der Waals surface area contributed by atoms with Crippen LogP contribution in [0.4, 0.5) is 18.9 Å². The number of benzene rings is 1. The van der Waals surface area contributed by atoms with Crippen molar-refractivity contribution < 1.29 is 22.7 Å². The van der Waals surface area contributed by atoms with E-state index < -0.39 is 12.8 Å². The van der Waals surface area contributed by atoms with Crippen LogP contribution in [0.1, 0.15) is 33.0 Å². The molecule has 1 aromatic heterocycles. The van der Waals surface area contributed by atoms with Gasteiger partial charge in [-0.05, 0) is 49.4 Å². The molecule has 1 N–H and O–H groups in total. The Morgan fingerprint density at radius 3 is 2.71 bits per heavy atom. The first-order valence-corrected chi connectivity index (χ1v) is 8.45. The molecule has 1 aliphatic carbocycles. The summed E-state index contributed by atoms with van der Waals surface area (Å²) in [7, 11) is 0. The summed E-state index contributed by atoms with van der Waals surface area (Å²) in [5, 5.41) is 2.65. The van der Waals surface area contributed by atoms with Gasteiger partial charge >= 0.3 is 6.18 Å². The zero-order valence-electron chi connectivity index (χ0n) is 12.8. The maximum atomic E-state index is 12.4. The summed E-state index contributed by atoms with van der Waals surface area (Å²) >= 11 is 1.45. The molecule has 2 aromatic rings. The summed E-state index contributed by atoms with van der Waals surface area (Å²) in [5.74, 6) is -0.318. The Labute approximate surface area is 141 Å². The zero-order valence-corrected chi connectivity index (χ0v) is 13.6. The minimum Gasteiger partial charge on any atom is -0.482 e. The Bertz CT molecular complexity index is 716. The summed E-state index contributed by atoms with van der Waals surface area (Å²) in [6.07, 6.45) is -0.214. The number of nitrogens with one attached hydrogen (secondary N) is 1. The molecule has 3 nitrogen and oxygen atoms in total. The molecule has 1 aromatic carbocycles. The molecule has 128 valence electrons. The van der Waals surface area contributed by atoms with E-state index in [9.17, 15) is 18.0 Å². The largest absolute Gasteiger partial charge is 0.482 e. The van der Waals surface area contributed by atoms with Crippen molar-refractivity contribution in [1.82, 2.24) is 0 Å². The van der Waals surface area contributed by atoms with Crippen LogP contribution in [0.25, 0.3) is 0 Å². The van der Waals surface area contributed by atoms with Gasteiger partial charge < -0.3 is 10.1 Å². The highest BCUT2D eigenvalue weighted by Gasteiger charge is 2.29. The van der Waals surface area contributed by atoms with Crippen molar-refractivity contribution in [3.8, 4) is 5.75 Å². The van der Waals surface area contributed by atoms with Gasteiger partial charge in [0.1, 0.15) is 5.75 Å². The lowest BCUT2D eigenvalue weighted by Crippen LogP contribution is -2.20. The molecule has 1 amide bonds. The number of fused-ring (bicyclic) bond motifs is 1. The third kappa shape index (κ3) is 4.08. The van der Waals surface area contributed by atoms with Gasteiger partial charge in [0, 0.05) is 4.88 Å². The number of carbonyl (C=O) groups excluding carboxylic acids is 1. The molecular weight excluding hydrogens is 339 g/mol. The molecule has 0 bridgehead atoms. The van der Waals surface area contributed by atoms with Crippen LogP contribution in [0.5, 0.6) is 5.75 Å². The van der Waals surface area contributed by atoms with Gasteiger partial charge in [-0.2, -0.15) is 13.2 Å². The number of hydrogen-bond acceptors (Lipinski definition) is 3. The summed E-state index contributed by atoms with van der Waals surface area (Å²) in [6.45, 7) is -1.40. The number of para-hydroxylation sites is 2. The molecule has 0 unspecified atom stereocenters. The summed E-state index contributed by atoms with van der Waals surface area (Å²) in [4.78, 5) is 14.2. The Morgan fingerprint density at radius 2 is 1.96 bits per heavy atom. The second-order valence-electron chi connectivity index (χ2n) is 5.62. The van der Waals surface area contributed by atoms with Crippen LogP contribution in [0.15, 0.2) is 30.3 Å². The van der Waals surface area contributed by atoms with E-state index in [0.29, 0.717) is 4.88 Å². The average Bonchev–Trinajstić information content (AvgIpc) is 2.97. The summed E-state index contributed by atoms with van der Waals surface area (Å²) < 4.78 is 41.7.